The molecule has 0 amide bonds. The minimum absolute atomic E-state index is 0.221. The van der Waals surface area contributed by atoms with Crippen LogP contribution in [-0.2, 0) is 27.1 Å². The maximum absolute atomic E-state index is 12.3. The monoisotopic (exact) mass is 303 g/mol. The van der Waals surface area contributed by atoms with E-state index >= 15 is 0 Å². The van der Waals surface area contributed by atoms with Crippen molar-refractivity contribution in [2.75, 3.05) is 21.3 Å². The SMILES string of the molecule is CN=CCC1(C(=O)OC)CCc2ccc(C(=O)OC)cc2C1. The van der Waals surface area contributed by atoms with Crippen molar-refractivity contribution in [3.8, 4) is 0 Å². The fourth-order valence-corrected chi connectivity index (χ4v) is 3.02. The summed E-state index contributed by atoms with van der Waals surface area (Å²) in [5.74, 6) is -0.589. The molecule has 0 aliphatic heterocycles. The van der Waals surface area contributed by atoms with Crippen LogP contribution in [0, 0.1) is 5.41 Å². The highest BCUT2D eigenvalue weighted by atomic mass is 16.5. The van der Waals surface area contributed by atoms with Crippen molar-refractivity contribution in [2.24, 2.45) is 10.4 Å². The van der Waals surface area contributed by atoms with E-state index in [1.54, 1.807) is 19.3 Å². The molecule has 1 aliphatic rings. The minimum atomic E-state index is -0.601. The van der Waals surface area contributed by atoms with Crippen LogP contribution in [0.15, 0.2) is 23.2 Å². The van der Waals surface area contributed by atoms with Crippen molar-refractivity contribution in [1.82, 2.24) is 0 Å². The van der Waals surface area contributed by atoms with Gasteiger partial charge in [-0.3, -0.25) is 4.79 Å². The van der Waals surface area contributed by atoms with Crippen LogP contribution in [0.25, 0.3) is 0 Å². The quantitative estimate of drug-likeness (QED) is 0.632. The van der Waals surface area contributed by atoms with E-state index in [1.807, 2.05) is 12.1 Å². The van der Waals surface area contributed by atoms with E-state index in [1.165, 1.54) is 19.8 Å². The fourth-order valence-electron chi connectivity index (χ4n) is 3.02. The van der Waals surface area contributed by atoms with Gasteiger partial charge in [-0.15, -0.1) is 0 Å². The Balaban J connectivity index is 2.37. The van der Waals surface area contributed by atoms with Crippen molar-refractivity contribution < 1.29 is 19.1 Å². The average Bonchev–Trinajstić information content (AvgIpc) is 2.57. The number of hydrogen-bond donors (Lipinski definition) is 0. The van der Waals surface area contributed by atoms with Gasteiger partial charge in [-0.05, 0) is 55.2 Å². The molecule has 118 valence electrons. The molecule has 2 rings (SSSR count). The zero-order chi connectivity index (χ0) is 16.2. The topological polar surface area (TPSA) is 65.0 Å². The fraction of sp³-hybridized carbons (Fsp3) is 0.471. The number of benzene rings is 1. The number of carbonyl (C=O) groups excluding carboxylic acids is 2. The van der Waals surface area contributed by atoms with Gasteiger partial charge in [0.05, 0.1) is 25.2 Å². The summed E-state index contributed by atoms with van der Waals surface area (Å²) in [4.78, 5) is 28.0. The Bertz CT molecular complexity index is 609. The molecule has 5 nitrogen and oxygen atoms in total. The van der Waals surface area contributed by atoms with Gasteiger partial charge in [-0.2, -0.15) is 0 Å². The van der Waals surface area contributed by atoms with Gasteiger partial charge in [0.25, 0.3) is 0 Å². The van der Waals surface area contributed by atoms with Crippen LogP contribution in [0.4, 0.5) is 0 Å². The molecule has 0 radical (unpaired) electrons. The van der Waals surface area contributed by atoms with Crippen LogP contribution < -0.4 is 0 Å². The molecule has 0 spiro atoms. The van der Waals surface area contributed by atoms with Gasteiger partial charge in [0.2, 0.25) is 0 Å². The van der Waals surface area contributed by atoms with Crippen LogP contribution in [-0.4, -0.2) is 39.4 Å². The molecule has 1 atom stereocenters. The number of ether oxygens (including phenoxy) is 2. The second kappa shape index (κ2) is 6.73. The van der Waals surface area contributed by atoms with E-state index in [9.17, 15) is 9.59 Å². The van der Waals surface area contributed by atoms with E-state index in [4.69, 9.17) is 9.47 Å². The molecule has 0 heterocycles. The molecular formula is C17H21NO4. The molecule has 22 heavy (non-hydrogen) atoms. The van der Waals surface area contributed by atoms with Crippen LogP contribution in [0.1, 0.15) is 34.3 Å². The molecule has 0 aromatic heterocycles. The van der Waals surface area contributed by atoms with Crippen molar-refractivity contribution in [3.63, 3.8) is 0 Å². The molecule has 0 saturated carbocycles. The third kappa shape index (κ3) is 3.03. The first kappa shape index (κ1) is 16.2. The lowest BCUT2D eigenvalue weighted by Gasteiger charge is -2.34. The highest BCUT2D eigenvalue weighted by molar-refractivity contribution is 5.90. The number of carbonyl (C=O) groups is 2. The maximum atomic E-state index is 12.3. The maximum Gasteiger partial charge on any atom is 0.337 e. The normalized spacial score (nSPS) is 20.5. The van der Waals surface area contributed by atoms with E-state index < -0.39 is 5.41 Å². The van der Waals surface area contributed by atoms with Gasteiger partial charge in [-0.1, -0.05) is 6.07 Å². The predicted molar refractivity (Wildman–Crippen MR) is 83.3 cm³/mol. The number of nitrogens with zero attached hydrogens (tertiary/aromatic N) is 1. The van der Waals surface area contributed by atoms with Crippen molar-refractivity contribution >= 4 is 18.2 Å². The molecule has 5 heteroatoms. The Morgan fingerprint density at radius 1 is 1.27 bits per heavy atom. The lowest BCUT2D eigenvalue weighted by atomic mass is 9.69. The van der Waals surface area contributed by atoms with Gasteiger partial charge >= 0.3 is 11.9 Å². The van der Waals surface area contributed by atoms with E-state index in [0.717, 1.165) is 18.4 Å². The van der Waals surface area contributed by atoms with Gasteiger partial charge in [-0.25, -0.2) is 4.79 Å². The summed E-state index contributed by atoms with van der Waals surface area (Å²) in [5.41, 5.74) is 2.08. The molecule has 1 unspecified atom stereocenters. The number of methoxy groups -OCH3 is 2. The molecule has 0 fully saturated rings. The Hall–Kier alpha value is -2.17. The van der Waals surface area contributed by atoms with Crippen molar-refractivity contribution in [2.45, 2.75) is 25.7 Å². The average molecular weight is 303 g/mol. The molecule has 1 aromatic rings. The molecule has 0 bridgehead atoms. The lowest BCUT2D eigenvalue weighted by Crippen LogP contribution is -2.38. The minimum Gasteiger partial charge on any atom is -0.469 e. The summed E-state index contributed by atoms with van der Waals surface area (Å²) in [5, 5.41) is 0. The smallest absolute Gasteiger partial charge is 0.337 e. The van der Waals surface area contributed by atoms with Gasteiger partial charge < -0.3 is 14.5 Å². The van der Waals surface area contributed by atoms with E-state index in [2.05, 4.69) is 4.99 Å². The Morgan fingerprint density at radius 3 is 2.68 bits per heavy atom. The summed E-state index contributed by atoms with van der Waals surface area (Å²) in [6.45, 7) is 0. The Morgan fingerprint density at radius 2 is 2.05 bits per heavy atom. The lowest BCUT2D eigenvalue weighted by molar-refractivity contribution is -0.153. The largest absolute Gasteiger partial charge is 0.469 e. The van der Waals surface area contributed by atoms with Crippen molar-refractivity contribution in [3.05, 3.63) is 34.9 Å². The first-order chi connectivity index (χ1) is 10.6. The first-order valence-electron chi connectivity index (χ1n) is 7.25. The first-order valence-corrected chi connectivity index (χ1v) is 7.25. The molecule has 0 N–H and O–H groups in total. The third-order valence-electron chi connectivity index (χ3n) is 4.31. The van der Waals surface area contributed by atoms with Crippen LogP contribution >= 0.6 is 0 Å². The van der Waals surface area contributed by atoms with Crippen molar-refractivity contribution in [1.29, 1.82) is 0 Å². The number of esters is 2. The number of hydrogen-bond acceptors (Lipinski definition) is 5. The van der Waals surface area contributed by atoms with Gasteiger partial charge in [0.1, 0.15) is 0 Å². The van der Waals surface area contributed by atoms with Gasteiger partial charge in [0, 0.05) is 7.05 Å². The second-order valence-corrected chi connectivity index (χ2v) is 5.57. The summed E-state index contributed by atoms with van der Waals surface area (Å²) in [7, 11) is 4.46. The molecule has 1 aliphatic carbocycles. The van der Waals surface area contributed by atoms with E-state index in [-0.39, 0.29) is 11.9 Å². The van der Waals surface area contributed by atoms with Gasteiger partial charge in [0.15, 0.2) is 0 Å². The highest BCUT2D eigenvalue weighted by Crippen LogP contribution is 2.39. The number of aryl methyl sites for hydroxylation is 1. The summed E-state index contributed by atoms with van der Waals surface area (Å²) >= 11 is 0. The number of aliphatic imine (C=N–C) groups is 1. The predicted octanol–water partition coefficient (Wildman–Crippen LogP) is 2.21. The zero-order valence-electron chi connectivity index (χ0n) is 13.2. The van der Waals surface area contributed by atoms with Crippen LogP contribution in [0.3, 0.4) is 0 Å². The Kier molecular flexibility index (Phi) is 4.96. The van der Waals surface area contributed by atoms with Crippen LogP contribution in [0.5, 0.6) is 0 Å². The molecular weight excluding hydrogens is 282 g/mol. The summed E-state index contributed by atoms with van der Waals surface area (Å²) in [6, 6.07) is 5.53. The number of fused-ring (bicyclic) bond motifs is 1. The zero-order valence-corrected chi connectivity index (χ0v) is 13.2. The molecule has 1 aromatic carbocycles. The number of rotatable bonds is 4. The third-order valence-corrected chi connectivity index (χ3v) is 4.31. The molecule has 0 saturated heterocycles. The second-order valence-electron chi connectivity index (χ2n) is 5.57. The Labute approximate surface area is 130 Å². The van der Waals surface area contributed by atoms with Crippen LogP contribution in [0.2, 0.25) is 0 Å². The summed E-state index contributed by atoms with van der Waals surface area (Å²) < 4.78 is 9.77. The van der Waals surface area contributed by atoms with E-state index in [0.29, 0.717) is 18.4 Å². The standard InChI is InChI=1S/C17H21NO4/c1-18-9-8-17(16(20)22-3)7-6-12-4-5-13(15(19)21-2)10-14(12)11-17/h4-5,9-10H,6-8,11H2,1-3H3. The summed E-state index contributed by atoms with van der Waals surface area (Å²) in [6.07, 6.45) is 4.34. The highest BCUT2D eigenvalue weighted by Gasteiger charge is 2.41.